The predicted octanol–water partition coefficient (Wildman–Crippen LogP) is 3.18. The van der Waals surface area contributed by atoms with Crippen molar-refractivity contribution in [2.75, 3.05) is 11.9 Å². The zero-order chi connectivity index (χ0) is 15.4. The van der Waals surface area contributed by atoms with Gasteiger partial charge in [-0.25, -0.2) is 4.39 Å². The average molecular weight is 288 g/mol. The molecule has 0 N–H and O–H groups in total. The van der Waals surface area contributed by atoms with Gasteiger partial charge in [-0.05, 0) is 29.8 Å². The number of nitro benzene ring substituents is 1. The number of hydrogen-bond acceptors (Lipinski definition) is 4. The van der Waals surface area contributed by atoms with E-state index in [1.165, 1.54) is 30.3 Å². The van der Waals surface area contributed by atoms with Gasteiger partial charge in [0.1, 0.15) is 17.8 Å². The lowest BCUT2D eigenvalue weighted by Crippen LogP contribution is -2.18. The first-order valence-electron chi connectivity index (χ1n) is 6.20. The average Bonchev–Trinajstić information content (AvgIpc) is 2.46. The zero-order valence-corrected chi connectivity index (χ0v) is 11.3. The molecular formula is C15H13FN2O3. The number of carbonyl (C=O) groups is 1. The summed E-state index contributed by atoms with van der Waals surface area (Å²) in [5.74, 6) is -0.355. The molecule has 0 saturated carbocycles. The second-order valence-corrected chi connectivity index (χ2v) is 4.61. The van der Waals surface area contributed by atoms with Crippen molar-refractivity contribution in [1.82, 2.24) is 0 Å². The standard InChI is InChI=1S/C15H13FN2O3/c1-17(9-11-3-2-4-13(16)7-11)14-6-5-12(10-19)8-15(14)18(20)21/h2-8,10H,9H2,1H3. The van der Waals surface area contributed by atoms with Gasteiger partial charge < -0.3 is 4.90 Å². The van der Waals surface area contributed by atoms with E-state index >= 15 is 0 Å². The largest absolute Gasteiger partial charge is 0.365 e. The summed E-state index contributed by atoms with van der Waals surface area (Å²) in [7, 11) is 1.67. The molecule has 0 heterocycles. The fourth-order valence-corrected chi connectivity index (χ4v) is 2.08. The summed E-state index contributed by atoms with van der Waals surface area (Å²) in [5.41, 5.74) is 1.16. The fraction of sp³-hybridized carbons (Fsp3) is 0.133. The lowest BCUT2D eigenvalue weighted by molar-refractivity contribution is -0.384. The van der Waals surface area contributed by atoms with Crippen LogP contribution < -0.4 is 4.90 Å². The molecule has 0 atom stereocenters. The van der Waals surface area contributed by atoms with Crippen molar-refractivity contribution in [1.29, 1.82) is 0 Å². The van der Waals surface area contributed by atoms with Crippen molar-refractivity contribution in [2.24, 2.45) is 0 Å². The first kappa shape index (κ1) is 14.6. The van der Waals surface area contributed by atoms with Gasteiger partial charge >= 0.3 is 0 Å². The molecule has 21 heavy (non-hydrogen) atoms. The second kappa shape index (κ2) is 6.13. The SMILES string of the molecule is CN(Cc1cccc(F)c1)c1ccc(C=O)cc1[N+](=O)[O-]. The molecule has 0 bridgehead atoms. The van der Waals surface area contributed by atoms with Crippen molar-refractivity contribution >= 4 is 17.7 Å². The van der Waals surface area contributed by atoms with Crippen molar-refractivity contribution in [3.05, 3.63) is 69.5 Å². The number of nitro groups is 1. The van der Waals surface area contributed by atoms with E-state index in [4.69, 9.17) is 0 Å². The van der Waals surface area contributed by atoms with Crippen molar-refractivity contribution in [3.8, 4) is 0 Å². The Balaban J connectivity index is 2.32. The number of nitrogens with zero attached hydrogens (tertiary/aromatic N) is 2. The molecule has 6 heteroatoms. The van der Waals surface area contributed by atoms with Gasteiger partial charge in [-0.3, -0.25) is 14.9 Å². The minimum Gasteiger partial charge on any atom is -0.365 e. The van der Waals surface area contributed by atoms with Crippen LogP contribution in [-0.2, 0) is 6.54 Å². The molecule has 0 aliphatic heterocycles. The van der Waals surface area contributed by atoms with Gasteiger partial charge in [0.15, 0.2) is 0 Å². The van der Waals surface area contributed by atoms with E-state index in [1.54, 1.807) is 24.1 Å². The Hall–Kier alpha value is -2.76. The Labute approximate surface area is 120 Å². The van der Waals surface area contributed by atoms with Crippen molar-refractivity contribution in [3.63, 3.8) is 0 Å². The molecule has 5 nitrogen and oxygen atoms in total. The molecule has 2 aromatic carbocycles. The van der Waals surface area contributed by atoms with Crippen molar-refractivity contribution in [2.45, 2.75) is 6.54 Å². The van der Waals surface area contributed by atoms with Crippen LogP contribution in [0.1, 0.15) is 15.9 Å². The van der Waals surface area contributed by atoms with E-state index in [2.05, 4.69) is 0 Å². The molecule has 0 spiro atoms. The lowest BCUT2D eigenvalue weighted by atomic mass is 10.1. The molecule has 108 valence electrons. The highest BCUT2D eigenvalue weighted by atomic mass is 19.1. The quantitative estimate of drug-likeness (QED) is 0.481. The fourth-order valence-electron chi connectivity index (χ4n) is 2.08. The topological polar surface area (TPSA) is 63.5 Å². The van der Waals surface area contributed by atoms with Gasteiger partial charge in [0.25, 0.3) is 5.69 Å². The molecule has 2 rings (SSSR count). The highest BCUT2D eigenvalue weighted by molar-refractivity contribution is 5.79. The van der Waals surface area contributed by atoms with Crippen LogP contribution in [0.3, 0.4) is 0 Å². The summed E-state index contributed by atoms with van der Waals surface area (Å²) in [4.78, 5) is 22.9. The predicted molar refractivity (Wildman–Crippen MR) is 77.0 cm³/mol. The first-order valence-corrected chi connectivity index (χ1v) is 6.20. The van der Waals surface area contributed by atoms with Crippen LogP contribution in [0.15, 0.2) is 42.5 Å². The Morgan fingerprint density at radius 1 is 1.29 bits per heavy atom. The van der Waals surface area contributed by atoms with Gasteiger partial charge in [-0.2, -0.15) is 0 Å². The van der Waals surface area contributed by atoms with E-state index < -0.39 is 4.92 Å². The summed E-state index contributed by atoms with van der Waals surface area (Å²) >= 11 is 0. The van der Waals surface area contributed by atoms with Gasteiger partial charge in [0, 0.05) is 25.2 Å². The summed E-state index contributed by atoms with van der Waals surface area (Å²) in [6.45, 7) is 0.318. The Kier molecular flexibility index (Phi) is 4.27. The summed E-state index contributed by atoms with van der Waals surface area (Å²) in [5, 5.41) is 11.1. The molecule has 2 aromatic rings. The van der Waals surface area contributed by atoms with Gasteiger partial charge in [0.05, 0.1) is 4.92 Å². The van der Waals surface area contributed by atoms with Crippen LogP contribution in [0.5, 0.6) is 0 Å². The van der Waals surface area contributed by atoms with E-state index in [0.717, 1.165) is 0 Å². The number of hydrogen-bond donors (Lipinski definition) is 0. The number of carbonyl (C=O) groups excluding carboxylic acids is 1. The second-order valence-electron chi connectivity index (χ2n) is 4.61. The number of halogens is 1. The number of anilines is 1. The number of aldehydes is 1. The number of rotatable bonds is 5. The van der Waals surface area contributed by atoms with Crippen LogP contribution >= 0.6 is 0 Å². The molecule has 0 amide bonds. The van der Waals surface area contributed by atoms with Crippen LogP contribution in [-0.4, -0.2) is 18.3 Å². The maximum absolute atomic E-state index is 13.2. The van der Waals surface area contributed by atoms with Crippen LogP contribution in [0.25, 0.3) is 0 Å². The molecule has 0 saturated heterocycles. The van der Waals surface area contributed by atoms with E-state index in [-0.39, 0.29) is 17.1 Å². The third kappa shape index (κ3) is 3.42. The van der Waals surface area contributed by atoms with Crippen LogP contribution in [0, 0.1) is 15.9 Å². The van der Waals surface area contributed by atoms with Crippen LogP contribution in [0.4, 0.5) is 15.8 Å². The minimum absolute atomic E-state index is 0.154. The molecule has 0 aliphatic rings. The van der Waals surface area contributed by atoms with Gasteiger partial charge in [0.2, 0.25) is 0 Å². The Bertz CT molecular complexity index is 688. The van der Waals surface area contributed by atoms with Gasteiger partial charge in [-0.15, -0.1) is 0 Å². The third-order valence-corrected chi connectivity index (χ3v) is 3.05. The van der Waals surface area contributed by atoms with Crippen LogP contribution in [0.2, 0.25) is 0 Å². The summed E-state index contributed by atoms with van der Waals surface area (Å²) < 4.78 is 13.2. The molecule has 0 radical (unpaired) electrons. The van der Waals surface area contributed by atoms with E-state index in [1.807, 2.05) is 0 Å². The maximum atomic E-state index is 13.2. The van der Waals surface area contributed by atoms with Gasteiger partial charge in [-0.1, -0.05) is 12.1 Å². The van der Waals surface area contributed by atoms with E-state index in [0.29, 0.717) is 24.1 Å². The Morgan fingerprint density at radius 2 is 2.05 bits per heavy atom. The zero-order valence-electron chi connectivity index (χ0n) is 11.3. The highest BCUT2D eigenvalue weighted by Gasteiger charge is 2.18. The number of benzene rings is 2. The molecule has 0 aromatic heterocycles. The molecular weight excluding hydrogens is 275 g/mol. The van der Waals surface area contributed by atoms with E-state index in [9.17, 15) is 19.3 Å². The normalized spacial score (nSPS) is 10.2. The first-order chi connectivity index (χ1) is 10.0. The van der Waals surface area contributed by atoms with Crippen molar-refractivity contribution < 1.29 is 14.1 Å². The minimum atomic E-state index is -0.537. The molecule has 0 fully saturated rings. The monoisotopic (exact) mass is 288 g/mol. The Morgan fingerprint density at radius 3 is 2.67 bits per heavy atom. The molecule has 0 unspecified atom stereocenters. The highest BCUT2D eigenvalue weighted by Crippen LogP contribution is 2.29. The summed E-state index contributed by atoms with van der Waals surface area (Å²) in [6, 6.07) is 10.3. The summed E-state index contributed by atoms with van der Waals surface area (Å²) in [6.07, 6.45) is 0.559. The third-order valence-electron chi connectivity index (χ3n) is 3.05. The lowest BCUT2D eigenvalue weighted by Gasteiger charge is -2.19. The smallest absolute Gasteiger partial charge is 0.293 e. The molecule has 0 aliphatic carbocycles. The maximum Gasteiger partial charge on any atom is 0.293 e.